The maximum Gasteiger partial charge on any atom is 0.0226 e. The lowest BCUT2D eigenvalue weighted by Crippen LogP contribution is -2.43. The highest BCUT2D eigenvalue weighted by atomic mass is 15.1. The molecule has 0 spiro atoms. The molecular formula is C26H43N3. The van der Waals surface area contributed by atoms with Gasteiger partial charge < -0.3 is 15.2 Å². The maximum absolute atomic E-state index is 3.56. The molecule has 1 aromatic heterocycles. The van der Waals surface area contributed by atoms with Crippen LogP contribution < -0.4 is 5.32 Å². The van der Waals surface area contributed by atoms with Gasteiger partial charge in [-0.2, -0.15) is 0 Å². The number of nitrogens with zero attached hydrogens (tertiary/aromatic N) is 1. The SMILES string of the molecule is CC(C)(CN1CCC(c2c[nH]c3c2C=CCC3)CC1)CC(C)(C)C1CCNCC1. The third-order valence-electron chi connectivity index (χ3n) is 7.94. The van der Waals surface area contributed by atoms with Gasteiger partial charge in [0.2, 0.25) is 0 Å². The standard InChI is InChI=1S/C26H43N3/c1-25(2,18-26(3,4)21-9-13-27-14-10-21)19-29-15-11-20(12-16-29)23-17-28-24-8-6-5-7-22(23)24/h5,7,17,20-21,27-28H,6,8-16,18-19H2,1-4H3. The highest BCUT2D eigenvalue weighted by Crippen LogP contribution is 2.43. The summed E-state index contributed by atoms with van der Waals surface area (Å²) < 4.78 is 0. The fraction of sp³-hybridized carbons (Fsp3) is 0.769. The third-order valence-corrected chi connectivity index (χ3v) is 7.94. The molecule has 2 saturated heterocycles. The van der Waals surface area contributed by atoms with E-state index in [0.29, 0.717) is 10.8 Å². The molecule has 29 heavy (non-hydrogen) atoms. The first-order valence-corrected chi connectivity index (χ1v) is 12.1. The smallest absolute Gasteiger partial charge is 0.0226 e. The van der Waals surface area contributed by atoms with Gasteiger partial charge in [-0.15, -0.1) is 0 Å². The van der Waals surface area contributed by atoms with E-state index in [2.05, 4.69) is 61.2 Å². The van der Waals surface area contributed by atoms with E-state index in [-0.39, 0.29) is 0 Å². The van der Waals surface area contributed by atoms with Gasteiger partial charge in [-0.3, -0.25) is 0 Å². The van der Waals surface area contributed by atoms with E-state index < -0.39 is 0 Å². The normalized spacial score (nSPS) is 22.8. The van der Waals surface area contributed by atoms with Crippen LogP contribution in [0.1, 0.15) is 89.0 Å². The number of aromatic amines is 1. The van der Waals surface area contributed by atoms with Crippen molar-refractivity contribution in [3.8, 4) is 0 Å². The molecule has 162 valence electrons. The summed E-state index contributed by atoms with van der Waals surface area (Å²) in [4.78, 5) is 6.31. The Labute approximate surface area is 178 Å². The molecular weight excluding hydrogens is 354 g/mol. The first-order valence-electron chi connectivity index (χ1n) is 12.1. The molecule has 3 nitrogen and oxygen atoms in total. The molecule has 0 amide bonds. The Morgan fingerprint density at radius 3 is 2.48 bits per heavy atom. The van der Waals surface area contributed by atoms with Gasteiger partial charge in [-0.25, -0.2) is 0 Å². The zero-order valence-electron chi connectivity index (χ0n) is 19.3. The second kappa shape index (κ2) is 8.59. The molecule has 0 bridgehead atoms. The number of hydrogen-bond acceptors (Lipinski definition) is 2. The second-order valence-corrected chi connectivity index (χ2v) is 11.5. The van der Waals surface area contributed by atoms with Crippen molar-refractivity contribution in [2.24, 2.45) is 16.7 Å². The third kappa shape index (κ3) is 4.99. The number of piperidine rings is 2. The summed E-state index contributed by atoms with van der Waals surface area (Å²) in [6.45, 7) is 16.3. The zero-order chi connectivity index (χ0) is 20.5. The van der Waals surface area contributed by atoms with Gasteiger partial charge in [0.25, 0.3) is 0 Å². The van der Waals surface area contributed by atoms with E-state index in [1.54, 1.807) is 5.56 Å². The summed E-state index contributed by atoms with van der Waals surface area (Å²) in [5.74, 6) is 1.62. The molecule has 3 aliphatic rings. The van der Waals surface area contributed by atoms with Crippen molar-refractivity contribution in [2.45, 2.75) is 78.6 Å². The molecule has 2 aliphatic heterocycles. The quantitative estimate of drug-likeness (QED) is 0.655. The Bertz CT molecular complexity index is 698. The number of likely N-dealkylation sites (tertiary alicyclic amines) is 1. The van der Waals surface area contributed by atoms with Crippen molar-refractivity contribution < 1.29 is 0 Å². The van der Waals surface area contributed by atoms with E-state index >= 15 is 0 Å². The Balaban J connectivity index is 1.31. The van der Waals surface area contributed by atoms with Crippen molar-refractivity contribution in [1.29, 1.82) is 0 Å². The Kier molecular flexibility index (Phi) is 6.27. The number of hydrogen-bond donors (Lipinski definition) is 2. The molecule has 0 saturated carbocycles. The van der Waals surface area contributed by atoms with Crippen molar-refractivity contribution in [2.75, 3.05) is 32.7 Å². The summed E-state index contributed by atoms with van der Waals surface area (Å²) in [6, 6.07) is 0. The lowest BCUT2D eigenvalue weighted by molar-refractivity contribution is 0.0626. The molecule has 3 heteroatoms. The number of nitrogens with one attached hydrogen (secondary N) is 2. The minimum atomic E-state index is 0.386. The van der Waals surface area contributed by atoms with Gasteiger partial charge in [-0.05, 0) is 105 Å². The maximum atomic E-state index is 3.56. The molecule has 3 heterocycles. The van der Waals surface area contributed by atoms with Crippen molar-refractivity contribution in [3.05, 3.63) is 29.1 Å². The van der Waals surface area contributed by atoms with Gasteiger partial charge in [0, 0.05) is 18.4 Å². The first-order chi connectivity index (χ1) is 13.8. The van der Waals surface area contributed by atoms with Crippen LogP contribution in [0.3, 0.4) is 0 Å². The predicted octanol–water partition coefficient (Wildman–Crippen LogP) is 5.60. The molecule has 1 aliphatic carbocycles. The van der Waals surface area contributed by atoms with Crippen LogP contribution in [0.15, 0.2) is 12.3 Å². The van der Waals surface area contributed by atoms with E-state index in [9.17, 15) is 0 Å². The van der Waals surface area contributed by atoms with Crippen LogP contribution in [-0.4, -0.2) is 42.6 Å². The van der Waals surface area contributed by atoms with Crippen molar-refractivity contribution >= 4 is 6.08 Å². The van der Waals surface area contributed by atoms with Crippen LogP contribution >= 0.6 is 0 Å². The molecule has 0 atom stereocenters. The van der Waals surface area contributed by atoms with Gasteiger partial charge >= 0.3 is 0 Å². The molecule has 0 unspecified atom stereocenters. The lowest BCUT2D eigenvalue weighted by atomic mass is 9.65. The number of rotatable bonds is 6. The molecule has 1 aromatic rings. The summed E-state index contributed by atoms with van der Waals surface area (Å²) in [5.41, 5.74) is 5.39. The number of allylic oxidation sites excluding steroid dienone is 1. The van der Waals surface area contributed by atoms with E-state index in [0.717, 1.165) is 11.8 Å². The van der Waals surface area contributed by atoms with Crippen molar-refractivity contribution in [3.63, 3.8) is 0 Å². The minimum Gasteiger partial charge on any atom is -0.364 e. The number of fused-ring (bicyclic) bond motifs is 1. The van der Waals surface area contributed by atoms with Crippen LogP contribution in [-0.2, 0) is 6.42 Å². The first kappa shape index (κ1) is 21.2. The molecule has 0 radical (unpaired) electrons. The summed E-state index contributed by atoms with van der Waals surface area (Å²) in [7, 11) is 0. The molecule has 2 fully saturated rings. The number of aromatic nitrogens is 1. The van der Waals surface area contributed by atoms with Gasteiger partial charge in [0.1, 0.15) is 0 Å². The number of H-pyrrole nitrogens is 1. The van der Waals surface area contributed by atoms with Crippen molar-refractivity contribution in [1.82, 2.24) is 15.2 Å². The average molecular weight is 398 g/mol. The lowest BCUT2D eigenvalue weighted by Gasteiger charge is -2.45. The fourth-order valence-corrected chi connectivity index (χ4v) is 6.71. The monoisotopic (exact) mass is 397 g/mol. The van der Waals surface area contributed by atoms with Crippen LogP contribution in [0.25, 0.3) is 6.08 Å². The minimum absolute atomic E-state index is 0.386. The zero-order valence-corrected chi connectivity index (χ0v) is 19.3. The highest BCUT2D eigenvalue weighted by molar-refractivity contribution is 5.59. The summed E-state index contributed by atoms with van der Waals surface area (Å²) in [5, 5.41) is 3.54. The molecule has 4 rings (SSSR count). The van der Waals surface area contributed by atoms with Gasteiger partial charge in [0.05, 0.1) is 0 Å². The molecule has 2 N–H and O–H groups in total. The highest BCUT2D eigenvalue weighted by Gasteiger charge is 2.37. The van der Waals surface area contributed by atoms with Gasteiger partial charge in [-0.1, -0.05) is 39.8 Å². The molecule has 0 aromatic carbocycles. The average Bonchev–Trinajstić information content (AvgIpc) is 3.12. The van der Waals surface area contributed by atoms with E-state index in [1.807, 2.05) is 0 Å². The van der Waals surface area contributed by atoms with Crippen LogP contribution in [0, 0.1) is 16.7 Å². The van der Waals surface area contributed by atoms with Crippen LogP contribution in [0.4, 0.5) is 0 Å². The van der Waals surface area contributed by atoms with Gasteiger partial charge in [0.15, 0.2) is 0 Å². The Morgan fingerprint density at radius 1 is 1.03 bits per heavy atom. The number of aryl methyl sites for hydroxylation is 1. The van der Waals surface area contributed by atoms with Crippen LogP contribution in [0.2, 0.25) is 0 Å². The fourth-order valence-electron chi connectivity index (χ4n) is 6.71. The Hall–Kier alpha value is -1.06. The topological polar surface area (TPSA) is 31.1 Å². The predicted molar refractivity (Wildman–Crippen MR) is 124 cm³/mol. The second-order valence-electron chi connectivity index (χ2n) is 11.5. The van der Waals surface area contributed by atoms with Crippen LogP contribution in [0.5, 0.6) is 0 Å². The Morgan fingerprint density at radius 2 is 1.76 bits per heavy atom. The van der Waals surface area contributed by atoms with E-state index in [1.165, 1.54) is 88.9 Å². The summed E-state index contributed by atoms with van der Waals surface area (Å²) in [6.07, 6.45) is 16.1. The van der Waals surface area contributed by atoms with E-state index in [4.69, 9.17) is 0 Å². The largest absolute Gasteiger partial charge is 0.364 e. The summed E-state index contributed by atoms with van der Waals surface area (Å²) >= 11 is 0.